The summed E-state index contributed by atoms with van der Waals surface area (Å²) in [7, 11) is -4.67. The van der Waals surface area contributed by atoms with E-state index < -0.39 is 10.4 Å². The highest BCUT2D eigenvalue weighted by Gasteiger charge is 2.03. The second-order valence-corrected chi connectivity index (χ2v) is 16.6. The number of unbranched alkanes of at least 4 members (excludes halogenated alkanes) is 34. The largest absolute Gasteiger partial charge is 0.394 e. The maximum atomic E-state index is 8.74. The van der Waals surface area contributed by atoms with Crippen LogP contribution >= 0.6 is 0 Å². The molecule has 0 saturated heterocycles. The summed E-state index contributed by atoms with van der Waals surface area (Å²) in [6, 6.07) is 9.36. The zero-order chi connectivity index (χ0) is 37.4. The lowest BCUT2D eigenvalue weighted by molar-refractivity contribution is 0.381. The molecule has 4 nitrogen and oxygen atoms in total. The Kier molecular flexibility index (Phi) is 39.6. The van der Waals surface area contributed by atoms with Gasteiger partial charge in [-0.1, -0.05) is 256 Å². The molecule has 0 aliphatic rings. The van der Waals surface area contributed by atoms with Crippen LogP contribution in [-0.2, 0) is 23.2 Å². The van der Waals surface area contributed by atoms with Crippen molar-refractivity contribution in [2.45, 2.75) is 258 Å². The van der Waals surface area contributed by atoms with Gasteiger partial charge < -0.3 is 0 Å². The molecule has 1 aromatic carbocycles. The van der Waals surface area contributed by atoms with Crippen LogP contribution < -0.4 is 0 Å². The molecule has 0 aliphatic carbocycles. The molecule has 0 fully saturated rings. The normalized spacial score (nSPS) is 11.5. The molecule has 1 aromatic rings. The first kappa shape index (κ1) is 50.1. The molecule has 1 rings (SSSR count). The van der Waals surface area contributed by atoms with E-state index in [2.05, 4.69) is 38.1 Å². The smallest absolute Gasteiger partial charge is 0.264 e. The van der Waals surface area contributed by atoms with E-state index >= 15 is 0 Å². The van der Waals surface area contributed by atoms with E-state index in [-0.39, 0.29) is 0 Å². The number of hydrogen-bond donors (Lipinski definition) is 2. The van der Waals surface area contributed by atoms with Gasteiger partial charge in [0.2, 0.25) is 0 Å². The predicted molar refractivity (Wildman–Crippen MR) is 226 cm³/mol. The highest BCUT2D eigenvalue weighted by Crippen LogP contribution is 2.19. The quantitative estimate of drug-likeness (QED) is 0.0523. The predicted octanol–water partition coefficient (Wildman–Crippen LogP) is 16.2. The zero-order valence-corrected chi connectivity index (χ0v) is 35.1. The first-order valence-electron chi connectivity index (χ1n) is 22.6. The molecule has 0 unspecified atom stereocenters. The minimum atomic E-state index is -4.67. The number of aryl methyl sites for hydroxylation is 2. The third kappa shape index (κ3) is 43.4. The molecule has 0 radical (unpaired) electrons. The first-order chi connectivity index (χ1) is 24.9. The Hall–Kier alpha value is -0.910. The minimum absolute atomic E-state index is 1.30. The van der Waals surface area contributed by atoms with E-state index in [1.54, 1.807) is 11.1 Å². The molecule has 0 heterocycles. The molecule has 2 N–H and O–H groups in total. The highest BCUT2D eigenvalue weighted by molar-refractivity contribution is 7.79. The van der Waals surface area contributed by atoms with Gasteiger partial charge in [-0.15, -0.1) is 0 Å². The molecule has 302 valence electrons. The fraction of sp³-hybridized carbons (Fsp3) is 0.870. The third-order valence-corrected chi connectivity index (χ3v) is 10.7. The molecule has 0 spiro atoms. The van der Waals surface area contributed by atoms with E-state index in [4.69, 9.17) is 17.5 Å². The van der Waals surface area contributed by atoms with Crippen molar-refractivity contribution in [3.63, 3.8) is 0 Å². The first-order valence-corrected chi connectivity index (χ1v) is 24.0. The van der Waals surface area contributed by atoms with Gasteiger partial charge in [0.25, 0.3) is 0 Å². The van der Waals surface area contributed by atoms with Crippen LogP contribution in [0.2, 0.25) is 0 Å². The average Bonchev–Trinajstić information content (AvgIpc) is 3.10. The molecule has 0 atom stereocenters. The maximum absolute atomic E-state index is 8.74. The van der Waals surface area contributed by atoms with Crippen molar-refractivity contribution in [1.29, 1.82) is 0 Å². The van der Waals surface area contributed by atoms with Crippen LogP contribution in [0, 0.1) is 0 Å². The van der Waals surface area contributed by atoms with Crippen molar-refractivity contribution < 1.29 is 17.5 Å². The Bertz CT molecular complexity index is 849. The van der Waals surface area contributed by atoms with Gasteiger partial charge in [0.1, 0.15) is 0 Å². The van der Waals surface area contributed by atoms with Crippen LogP contribution in [0.3, 0.4) is 0 Å². The van der Waals surface area contributed by atoms with E-state index in [1.165, 1.54) is 244 Å². The van der Waals surface area contributed by atoms with Crippen molar-refractivity contribution >= 4 is 10.4 Å². The fourth-order valence-corrected chi connectivity index (χ4v) is 7.48. The molecular weight excluding hydrogens is 649 g/mol. The molecule has 51 heavy (non-hydrogen) atoms. The summed E-state index contributed by atoms with van der Waals surface area (Å²) in [5, 5.41) is 0. The lowest BCUT2D eigenvalue weighted by Crippen LogP contribution is -1.95. The van der Waals surface area contributed by atoms with E-state index in [9.17, 15) is 0 Å². The lowest BCUT2D eigenvalue weighted by Gasteiger charge is -2.10. The lowest BCUT2D eigenvalue weighted by atomic mass is 9.96. The van der Waals surface area contributed by atoms with Crippen LogP contribution in [-0.4, -0.2) is 17.5 Å². The summed E-state index contributed by atoms with van der Waals surface area (Å²) >= 11 is 0. The fourth-order valence-electron chi connectivity index (χ4n) is 7.48. The molecular formula is C46H88O4S. The van der Waals surface area contributed by atoms with Crippen LogP contribution in [0.25, 0.3) is 0 Å². The van der Waals surface area contributed by atoms with Crippen molar-refractivity contribution in [2.24, 2.45) is 0 Å². The van der Waals surface area contributed by atoms with E-state index in [1.807, 2.05) is 0 Å². The Morgan fingerprint density at radius 3 is 0.667 bits per heavy atom. The number of benzene rings is 1. The highest BCUT2D eigenvalue weighted by atomic mass is 32.3. The van der Waals surface area contributed by atoms with Crippen LogP contribution in [0.15, 0.2) is 24.3 Å². The van der Waals surface area contributed by atoms with Crippen LogP contribution in [0.1, 0.15) is 256 Å². The van der Waals surface area contributed by atoms with Crippen molar-refractivity contribution in [2.75, 3.05) is 0 Å². The van der Waals surface area contributed by atoms with Gasteiger partial charge in [-0.25, -0.2) is 0 Å². The van der Waals surface area contributed by atoms with Crippen molar-refractivity contribution in [3.8, 4) is 0 Å². The van der Waals surface area contributed by atoms with Crippen molar-refractivity contribution in [1.82, 2.24) is 0 Å². The molecule has 0 saturated carbocycles. The Labute approximate surface area is 320 Å². The SMILES string of the molecule is CCCCCCCCCCCCCCCCCCCCc1ccccc1CCCCCCCCCCCCCCCCCCCC.O=S(=O)(O)O. The van der Waals surface area contributed by atoms with Crippen LogP contribution in [0.4, 0.5) is 0 Å². The second-order valence-electron chi connectivity index (χ2n) is 15.7. The molecule has 5 heteroatoms. The molecule has 0 bridgehead atoms. The third-order valence-electron chi connectivity index (χ3n) is 10.7. The number of hydrogen-bond acceptors (Lipinski definition) is 2. The molecule has 0 aliphatic heterocycles. The van der Waals surface area contributed by atoms with Crippen molar-refractivity contribution in [3.05, 3.63) is 35.4 Å². The summed E-state index contributed by atoms with van der Waals surface area (Å²) in [6.07, 6.45) is 55.1. The summed E-state index contributed by atoms with van der Waals surface area (Å²) in [5.41, 5.74) is 3.29. The average molecular weight is 737 g/mol. The van der Waals surface area contributed by atoms with Gasteiger partial charge in [-0.05, 0) is 36.8 Å². The Morgan fingerprint density at radius 2 is 0.490 bits per heavy atom. The van der Waals surface area contributed by atoms with Gasteiger partial charge in [0.05, 0.1) is 0 Å². The summed E-state index contributed by atoms with van der Waals surface area (Å²) < 4.78 is 31.6. The summed E-state index contributed by atoms with van der Waals surface area (Å²) in [5.74, 6) is 0. The summed E-state index contributed by atoms with van der Waals surface area (Å²) in [4.78, 5) is 0. The monoisotopic (exact) mass is 737 g/mol. The van der Waals surface area contributed by atoms with Crippen LogP contribution in [0.5, 0.6) is 0 Å². The van der Waals surface area contributed by atoms with Gasteiger partial charge in [0, 0.05) is 0 Å². The molecule has 0 amide bonds. The van der Waals surface area contributed by atoms with E-state index in [0.717, 1.165) is 0 Å². The van der Waals surface area contributed by atoms with Gasteiger partial charge in [0.15, 0.2) is 0 Å². The second kappa shape index (κ2) is 40.3. The zero-order valence-electron chi connectivity index (χ0n) is 34.3. The minimum Gasteiger partial charge on any atom is -0.264 e. The van der Waals surface area contributed by atoms with Gasteiger partial charge in [-0.2, -0.15) is 8.42 Å². The Morgan fingerprint density at radius 1 is 0.333 bits per heavy atom. The van der Waals surface area contributed by atoms with Gasteiger partial charge >= 0.3 is 10.4 Å². The topological polar surface area (TPSA) is 74.6 Å². The maximum Gasteiger partial charge on any atom is 0.394 e. The Balaban J connectivity index is 0.00000464. The summed E-state index contributed by atoms with van der Waals surface area (Å²) in [6.45, 7) is 4.62. The number of rotatable bonds is 38. The van der Waals surface area contributed by atoms with Gasteiger partial charge in [-0.3, -0.25) is 9.11 Å². The molecule has 0 aromatic heterocycles. The van der Waals surface area contributed by atoms with E-state index in [0.29, 0.717) is 0 Å². The standard InChI is InChI=1S/C46H86.H2O4S/c1-3-5-7-9-11-13-15-17-19-21-23-25-27-29-31-33-35-37-41-45-43-39-40-44-46(45)42-38-36-34-32-30-28-26-24-22-20-18-16-14-12-10-8-6-4-2;1-5(2,3)4/h39-40,43-44H,3-38,41-42H2,1-2H3;(H2,1,2,3,4).